The van der Waals surface area contributed by atoms with E-state index in [1.54, 1.807) is 33.4 Å². The van der Waals surface area contributed by atoms with Crippen molar-refractivity contribution in [1.82, 2.24) is 9.47 Å². The average molecular weight is 350 g/mol. The Balaban J connectivity index is 1.64. The van der Waals surface area contributed by atoms with E-state index in [9.17, 15) is 0 Å². The molecule has 3 aromatic rings. The molecular formula is C25H22N2. The quantitative estimate of drug-likeness (QED) is 0.595. The summed E-state index contributed by atoms with van der Waals surface area (Å²) in [5.41, 5.74) is 12.6. The van der Waals surface area contributed by atoms with Crippen molar-refractivity contribution in [2.75, 3.05) is 0 Å². The molecule has 6 heterocycles. The van der Waals surface area contributed by atoms with Crippen molar-refractivity contribution in [3.8, 4) is 0 Å². The van der Waals surface area contributed by atoms with Crippen molar-refractivity contribution in [2.24, 2.45) is 0 Å². The van der Waals surface area contributed by atoms with E-state index in [0.29, 0.717) is 12.1 Å². The molecule has 0 saturated carbocycles. The normalized spacial score (nSPS) is 30.8. The summed E-state index contributed by atoms with van der Waals surface area (Å²) >= 11 is 0. The minimum absolute atomic E-state index is 0.0646. The van der Waals surface area contributed by atoms with Crippen LogP contribution in [-0.2, 0) is 31.3 Å². The van der Waals surface area contributed by atoms with Crippen LogP contribution in [0.2, 0.25) is 0 Å². The van der Waals surface area contributed by atoms with E-state index < -0.39 is 0 Å². The van der Waals surface area contributed by atoms with Gasteiger partial charge in [0.25, 0.3) is 0 Å². The summed E-state index contributed by atoms with van der Waals surface area (Å²) in [5.74, 6) is 0. The SMILES string of the molecule is c1cc2c3c(c1)CC1CCC4Cc5cccc6c5C3(N14)n1c(ccc1C6)C2. The van der Waals surface area contributed by atoms with Gasteiger partial charge in [-0.15, -0.1) is 0 Å². The maximum absolute atomic E-state index is 2.98. The van der Waals surface area contributed by atoms with Gasteiger partial charge in [-0.05, 0) is 60.1 Å². The lowest BCUT2D eigenvalue weighted by molar-refractivity contribution is 0.00584. The van der Waals surface area contributed by atoms with Crippen molar-refractivity contribution in [2.45, 2.75) is 56.3 Å². The Morgan fingerprint density at radius 2 is 1.19 bits per heavy atom. The summed E-state index contributed by atoms with van der Waals surface area (Å²) in [6.07, 6.45) is 7.36. The first-order chi connectivity index (χ1) is 13.4. The first-order valence-electron chi connectivity index (χ1n) is 10.6. The molecule has 1 aromatic heterocycles. The van der Waals surface area contributed by atoms with Crippen molar-refractivity contribution in [3.63, 3.8) is 0 Å². The van der Waals surface area contributed by atoms with Crippen molar-refractivity contribution >= 4 is 0 Å². The van der Waals surface area contributed by atoms with Gasteiger partial charge in [0, 0.05) is 47.4 Å². The summed E-state index contributed by atoms with van der Waals surface area (Å²) < 4.78 is 2.79. The second-order valence-electron chi connectivity index (χ2n) is 9.28. The highest BCUT2D eigenvalue weighted by molar-refractivity contribution is 5.62. The standard InChI is InChI=1S/C25H22N2/c1-3-15-11-19-7-9-21-13-17-5-2-6-18-14-22-10-8-20-12-16(4-1)23(15)25(24(17)18,26(19)21)27(20)22/h1-7,9,20,22H,8,10-14H2. The molecule has 2 heteroatoms. The molecular weight excluding hydrogens is 328 g/mol. The van der Waals surface area contributed by atoms with Crippen molar-refractivity contribution < 1.29 is 0 Å². The molecule has 0 bridgehead atoms. The molecule has 1 saturated heterocycles. The van der Waals surface area contributed by atoms with E-state index in [0.717, 1.165) is 12.8 Å². The molecule has 2 atom stereocenters. The van der Waals surface area contributed by atoms with E-state index in [1.165, 1.54) is 37.1 Å². The van der Waals surface area contributed by atoms with Gasteiger partial charge in [-0.25, -0.2) is 0 Å². The smallest absolute Gasteiger partial charge is 0.151 e. The van der Waals surface area contributed by atoms with E-state index in [-0.39, 0.29) is 5.66 Å². The van der Waals surface area contributed by atoms with Gasteiger partial charge in [0.1, 0.15) is 0 Å². The first kappa shape index (κ1) is 13.8. The number of hydrogen-bond acceptors (Lipinski definition) is 1. The lowest BCUT2D eigenvalue weighted by Gasteiger charge is -2.60. The first-order valence-corrected chi connectivity index (χ1v) is 10.6. The molecule has 1 fully saturated rings. The zero-order valence-electron chi connectivity index (χ0n) is 15.4. The van der Waals surface area contributed by atoms with Crippen LogP contribution in [0.25, 0.3) is 0 Å². The Bertz CT molecular complexity index is 1080. The number of benzene rings is 2. The Morgan fingerprint density at radius 1 is 0.667 bits per heavy atom. The predicted octanol–water partition coefficient (Wildman–Crippen LogP) is 3.99. The fourth-order valence-electron chi connectivity index (χ4n) is 7.57. The maximum atomic E-state index is 2.98. The minimum atomic E-state index is -0.0646. The molecule has 2 aromatic carbocycles. The predicted molar refractivity (Wildman–Crippen MR) is 105 cm³/mol. The number of aromatic nitrogens is 1. The van der Waals surface area contributed by atoms with Gasteiger partial charge in [0.15, 0.2) is 5.66 Å². The van der Waals surface area contributed by atoms with Gasteiger partial charge in [-0.1, -0.05) is 36.4 Å². The van der Waals surface area contributed by atoms with Crippen LogP contribution in [-0.4, -0.2) is 21.6 Å². The fraction of sp³-hybridized carbons (Fsp3) is 0.360. The largest absolute Gasteiger partial charge is 0.321 e. The highest BCUT2D eigenvalue weighted by Crippen LogP contribution is 2.59. The average Bonchev–Trinajstić information content (AvgIpc) is 3.28. The van der Waals surface area contributed by atoms with Crippen LogP contribution in [0.3, 0.4) is 0 Å². The third-order valence-electron chi connectivity index (χ3n) is 8.19. The third-order valence-corrected chi connectivity index (χ3v) is 8.19. The summed E-state index contributed by atoms with van der Waals surface area (Å²) in [6.45, 7) is 0. The van der Waals surface area contributed by atoms with Crippen molar-refractivity contribution in [1.29, 1.82) is 0 Å². The zero-order valence-corrected chi connectivity index (χ0v) is 15.4. The molecule has 2 nitrogen and oxygen atoms in total. The summed E-state index contributed by atoms with van der Waals surface area (Å²) in [5, 5.41) is 0. The zero-order chi connectivity index (χ0) is 17.3. The Morgan fingerprint density at radius 3 is 1.74 bits per heavy atom. The molecule has 0 N–H and O–H groups in total. The molecule has 0 amide bonds. The molecule has 0 aliphatic carbocycles. The van der Waals surface area contributed by atoms with Crippen LogP contribution in [0.5, 0.6) is 0 Å². The topological polar surface area (TPSA) is 8.17 Å². The van der Waals surface area contributed by atoms with Crippen molar-refractivity contribution in [3.05, 3.63) is 93.3 Å². The molecule has 5 aliphatic heterocycles. The Kier molecular flexibility index (Phi) is 2.16. The molecule has 2 unspecified atom stereocenters. The lowest BCUT2D eigenvalue weighted by atomic mass is 9.68. The Hall–Kier alpha value is -2.32. The van der Waals surface area contributed by atoms with Crippen LogP contribution >= 0.6 is 0 Å². The number of nitrogens with zero attached hydrogens (tertiary/aromatic N) is 2. The lowest BCUT2D eigenvalue weighted by Crippen LogP contribution is -2.66. The van der Waals surface area contributed by atoms with Crippen LogP contribution < -0.4 is 0 Å². The Labute approximate surface area is 159 Å². The van der Waals surface area contributed by atoms with Crippen LogP contribution in [0.15, 0.2) is 48.5 Å². The van der Waals surface area contributed by atoms with Crippen LogP contribution in [0, 0.1) is 0 Å². The van der Waals surface area contributed by atoms with Gasteiger partial charge < -0.3 is 4.57 Å². The molecule has 1 spiro atoms. The van der Waals surface area contributed by atoms with E-state index in [1.807, 2.05) is 0 Å². The summed E-state index contributed by atoms with van der Waals surface area (Å²) in [6, 6.07) is 20.5. The highest BCUT2D eigenvalue weighted by Gasteiger charge is 2.61. The minimum Gasteiger partial charge on any atom is -0.321 e. The van der Waals surface area contributed by atoms with Crippen LogP contribution in [0.1, 0.15) is 57.6 Å². The van der Waals surface area contributed by atoms with Gasteiger partial charge >= 0.3 is 0 Å². The molecule has 0 radical (unpaired) electrons. The van der Waals surface area contributed by atoms with Gasteiger partial charge in [0.05, 0.1) is 0 Å². The molecule has 8 rings (SSSR count). The van der Waals surface area contributed by atoms with E-state index >= 15 is 0 Å². The second-order valence-corrected chi connectivity index (χ2v) is 9.28. The van der Waals surface area contributed by atoms with Crippen LogP contribution in [0.4, 0.5) is 0 Å². The summed E-state index contributed by atoms with van der Waals surface area (Å²) in [4.78, 5) is 2.98. The monoisotopic (exact) mass is 350 g/mol. The number of hydrogen-bond donors (Lipinski definition) is 0. The van der Waals surface area contributed by atoms with E-state index in [4.69, 9.17) is 0 Å². The molecule has 5 aliphatic rings. The van der Waals surface area contributed by atoms with Gasteiger partial charge in [-0.2, -0.15) is 0 Å². The fourth-order valence-corrected chi connectivity index (χ4v) is 7.57. The summed E-state index contributed by atoms with van der Waals surface area (Å²) in [7, 11) is 0. The number of rotatable bonds is 0. The van der Waals surface area contributed by atoms with Gasteiger partial charge in [0.2, 0.25) is 0 Å². The third kappa shape index (κ3) is 1.32. The molecule has 132 valence electrons. The maximum Gasteiger partial charge on any atom is 0.151 e. The second kappa shape index (κ2) is 4.23. The van der Waals surface area contributed by atoms with E-state index in [2.05, 4.69) is 58.0 Å². The molecule has 27 heavy (non-hydrogen) atoms. The highest BCUT2D eigenvalue weighted by atomic mass is 15.4. The van der Waals surface area contributed by atoms with Gasteiger partial charge in [-0.3, -0.25) is 4.90 Å².